The number of hydrogen-bond acceptors (Lipinski definition) is 4. The summed E-state index contributed by atoms with van der Waals surface area (Å²) in [5, 5.41) is 2.90. The lowest BCUT2D eigenvalue weighted by Crippen LogP contribution is -2.37. The standard InChI is InChI=1S/C19H23NO3S/c1-15(23-18-10-8-17(22-2)9-11-18)19(21)20-12-13-24-14-16-6-4-3-5-7-16/h3-11,15H,12-14H2,1-2H3,(H,20,21)/t15-/m0/s1. The van der Waals surface area contributed by atoms with Crippen LogP contribution in [0.1, 0.15) is 12.5 Å². The molecule has 1 amide bonds. The van der Waals surface area contributed by atoms with Gasteiger partial charge in [-0.15, -0.1) is 0 Å². The first-order chi connectivity index (χ1) is 11.7. The minimum absolute atomic E-state index is 0.105. The van der Waals surface area contributed by atoms with Crippen molar-refractivity contribution in [2.45, 2.75) is 18.8 Å². The van der Waals surface area contributed by atoms with Crippen molar-refractivity contribution in [3.63, 3.8) is 0 Å². The summed E-state index contributed by atoms with van der Waals surface area (Å²) < 4.78 is 10.7. The van der Waals surface area contributed by atoms with Crippen molar-refractivity contribution in [2.75, 3.05) is 19.4 Å². The Morgan fingerprint density at radius 2 is 1.75 bits per heavy atom. The molecule has 0 bridgehead atoms. The Kier molecular flexibility index (Phi) is 7.49. The first kappa shape index (κ1) is 18.2. The molecule has 2 aromatic rings. The van der Waals surface area contributed by atoms with Gasteiger partial charge in [0.15, 0.2) is 6.10 Å². The maximum Gasteiger partial charge on any atom is 0.260 e. The SMILES string of the molecule is COc1ccc(O[C@@H](C)C(=O)NCCSCc2ccccc2)cc1. The first-order valence-electron chi connectivity index (χ1n) is 7.89. The van der Waals surface area contributed by atoms with Gasteiger partial charge in [0.1, 0.15) is 11.5 Å². The second kappa shape index (κ2) is 9.88. The quantitative estimate of drug-likeness (QED) is 0.707. The molecule has 0 spiro atoms. The molecule has 0 saturated carbocycles. The van der Waals surface area contributed by atoms with Crippen LogP contribution in [0.3, 0.4) is 0 Å². The van der Waals surface area contributed by atoms with E-state index < -0.39 is 6.10 Å². The van der Waals surface area contributed by atoms with Gasteiger partial charge in [0.05, 0.1) is 7.11 Å². The molecule has 4 nitrogen and oxygen atoms in total. The van der Waals surface area contributed by atoms with Crippen LogP contribution in [0.4, 0.5) is 0 Å². The molecule has 2 rings (SSSR count). The van der Waals surface area contributed by atoms with E-state index in [1.165, 1.54) is 5.56 Å². The summed E-state index contributed by atoms with van der Waals surface area (Å²) in [6, 6.07) is 17.5. The zero-order valence-corrected chi connectivity index (χ0v) is 14.8. The molecule has 128 valence electrons. The van der Waals surface area contributed by atoms with Crippen LogP contribution in [0.15, 0.2) is 54.6 Å². The van der Waals surface area contributed by atoms with Gasteiger partial charge in [0, 0.05) is 18.1 Å². The summed E-state index contributed by atoms with van der Waals surface area (Å²) >= 11 is 1.80. The van der Waals surface area contributed by atoms with Gasteiger partial charge < -0.3 is 14.8 Å². The summed E-state index contributed by atoms with van der Waals surface area (Å²) in [5.41, 5.74) is 1.30. The van der Waals surface area contributed by atoms with Crippen molar-refractivity contribution in [1.82, 2.24) is 5.32 Å². The molecule has 0 heterocycles. The van der Waals surface area contributed by atoms with Gasteiger partial charge in [-0.1, -0.05) is 30.3 Å². The van der Waals surface area contributed by atoms with Gasteiger partial charge in [-0.2, -0.15) is 11.8 Å². The van der Waals surface area contributed by atoms with E-state index in [1.807, 2.05) is 18.2 Å². The second-order valence-electron chi connectivity index (χ2n) is 5.26. The number of ether oxygens (including phenoxy) is 2. The molecule has 1 N–H and O–H groups in total. The number of hydrogen-bond donors (Lipinski definition) is 1. The van der Waals surface area contributed by atoms with Gasteiger partial charge >= 0.3 is 0 Å². The third-order valence-electron chi connectivity index (χ3n) is 3.40. The lowest BCUT2D eigenvalue weighted by atomic mass is 10.2. The van der Waals surface area contributed by atoms with E-state index in [9.17, 15) is 4.79 Å². The highest BCUT2D eigenvalue weighted by Crippen LogP contribution is 2.18. The first-order valence-corrected chi connectivity index (χ1v) is 9.04. The number of nitrogens with one attached hydrogen (secondary N) is 1. The van der Waals surface area contributed by atoms with E-state index in [1.54, 1.807) is 50.1 Å². The molecule has 0 radical (unpaired) electrons. The number of carbonyl (C=O) groups excluding carboxylic acids is 1. The largest absolute Gasteiger partial charge is 0.497 e. The maximum atomic E-state index is 12.0. The van der Waals surface area contributed by atoms with Crippen LogP contribution < -0.4 is 14.8 Å². The molecule has 0 aliphatic heterocycles. The molecule has 0 aliphatic carbocycles. The minimum Gasteiger partial charge on any atom is -0.497 e. The third-order valence-corrected chi connectivity index (χ3v) is 4.43. The van der Waals surface area contributed by atoms with Gasteiger partial charge in [0.25, 0.3) is 5.91 Å². The van der Waals surface area contributed by atoms with Crippen LogP contribution in [0.5, 0.6) is 11.5 Å². The Morgan fingerprint density at radius 3 is 2.42 bits per heavy atom. The Bertz CT molecular complexity index is 616. The van der Waals surface area contributed by atoms with E-state index in [0.717, 1.165) is 17.3 Å². The van der Waals surface area contributed by atoms with Crippen LogP contribution in [0.25, 0.3) is 0 Å². The van der Waals surface area contributed by atoms with Crippen molar-refractivity contribution in [2.24, 2.45) is 0 Å². The summed E-state index contributed by atoms with van der Waals surface area (Å²) in [5.74, 6) is 3.13. The van der Waals surface area contributed by atoms with E-state index >= 15 is 0 Å². The van der Waals surface area contributed by atoms with Crippen LogP contribution in [-0.2, 0) is 10.5 Å². The topological polar surface area (TPSA) is 47.6 Å². The second-order valence-corrected chi connectivity index (χ2v) is 6.37. The zero-order chi connectivity index (χ0) is 17.2. The highest BCUT2D eigenvalue weighted by atomic mass is 32.2. The number of methoxy groups -OCH3 is 1. The van der Waals surface area contributed by atoms with Gasteiger partial charge in [-0.25, -0.2) is 0 Å². The molecule has 0 unspecified atom stereocenters. The van der Waals surface area contributed by atoms with Crippen LogP contribution in [-0.4, -0.2) is 31.4 Å². The molecule has 0 aliphatic rings. The molecule has 1 atom stereocenters. The summed E-state index contributed by atoms with van der Waals surface area (Å²) in [4.78, 5) is 12.0. The Balaban J connectivity index is 1.64. The van der Waals surface area contributed by atoms with Crippen molar-refractivity contribution in [3.05, 3.63) is 60.2 Å². The van der Waals surface area contributed by atoms with Gasteiger partial charge in [-0.05, 0) is 36.8 Å². The number of thioether (sulfide) groups is 1. The van der Waals surface area contributed by atoms with Crippen molar-refractivity contribution >= 4 is 17.7 Å². The average Bonchev–Trinajstić information content (AvgIpc) is 2.62. The predicted molar refractivity (Wildman–Crippen MR) is 98.7 cm³/mol. The van der Waals surface area contributed by atoms with Crippen molar-refractivity contribution < 1.29 is 14.3 Å². The normalized spacial score (nSPS) is 11.6. The minimum atomic E-state index is -0.530. The fourth-order valence-corrected chi connectivity index (χ4v) is 2.89. The molecule has 0 saturated heterocycles. The van der Waals surface area contributed by atoms with Crippen molar-refractivity contribution in [1.29, 1.82) is 0 Å². The van der Waals surface area contributed by atoms with Crippen LogP contribution in [0.2, 0.25) is 0 Å². The summed E-state index contributed by atoms with van der Waals surface area (Å²) in [6.45, 7) is 2.38. The Hall–Kier alpha value is -2.14. The summed E-state index contributed by atoms with van der Waals surface area (Å²) in [7, 11) is 1.61. The molecular weight excluding hydrogens is 322 g/mol. The molecular formula is C19H23NO3S. The smallest absolute Gasteiger partial charge is 0.260 e. The number of benzene rings is 2. The maximum absolute atomic E-state index is 12.0. The van der Waals surface area contributed by atoms with E-state index in [4.69, 9.17) is 9.47 Å². The van der Waals surface area contributed by atoms with Crippen molar-refractivity contribution in [3.8, 4) is 11.5 Å². The lowest BCUT2D eigenvalue weighted by molar-refractivity contribution is -0.127. The molecule has 2 aromatic carbocycles. The van der Waals surface area contributed by atoms with Crippen LogP contribution in [0, 0.1) is 0 Å². The highest BCUT2D eigenvalue weighted by Gasteiger charge is 2.13. The van der Waals surface area contributed by atoms with E-state index in [0.29, 0.717) is 12.3 Å². The number of amides is 1. The monoisotopic (exact) mass is 345 g/mol. The molecule has 0 aromatic heterocycles. The third kappa shape index (κ3) is 6.16. The fraction of sp³-hybridized carbons (Fsp3) is 0.316. The fourth-order valence-electron chi connectivity index (χ4n) is 2.07. The average molecular weight is 345 g/mol. The predicted octanol–water partition coefficient (Wildman–Crippen LogP) is 3.51. The zero-order valence-electron chi connectivity index (χ0n) is 14.0. The van der Waals surface area contributed by atoms with E-state index in [-0.39, 0.29) is 5.91 Å². The van der Waals surface area contributed by atoms with E-state index in [2.05, 4.69) is 17.4 Å². The number of carbonyl (C=O) groups is 1. The lowest BCUT2D eigenvalue weighted by Gasteiger charge is -2.15. The number of rotatable bonds is 9. The Labute approximate surface area is 147 Å². The molecule has 0 fully saturated rings. The van der Waals surface area contributed by atoms with Crippen LogP contribution >= 0.6 is 11.8 Å². The highest BCUT2D eigenvalue weighted by molar-refractivity contribution is 7.98. The van der Waals surface area contributed by atoms with Gasteiger partial charge in [-0.3, -0.25) is 4.79 Å². The van der Waals surface area contributed by atoms with Gasteiger partial charge in [0.2, 0.25) is 0 Å². The molecule has 5 heteroatoms. The molecule has 24 heavy (non-hydrogen) atoms. The summed E-state index contributed by atoms with van der Waals surface area (Å²) in [6.07, 6.45) is -0.530. The Morgan fingerprint density at radius 1 is 1.08 bits per heavy atom.